The number of nitrogens with one attached hydrogen (secondary N) is 1. The smallest absolute Gasteiger partial charge is 0.317 e. The largest absolute Gasteiger partial charge is 0.452 e. The van der Waals surface area contributed by atoms with E-state index in [1.54, 1.807) is 6.92 Å². The van der Waals surface area contributed by atoms with E-state index in [0.29, 0.717) is 17.4 Å². The molecular formula is C21H22N2O4S. The van der Waals surface area contributed by atoms with Crippen molar-refractivity contribution >= 4 is 34.7 Å². The van der Waals surface area contributed by atoms with Gasteiger partial charge in [-0.25, -0.2) is 4.98 Å². The standard InChI is InChI=1S/C21H22N2O4S/c1-14(16-8-4-3-5-9-16)12-22-20(25)15(2)26-19(24)13-28-21-23-17-10-6-7-11-18(17)27-21/h3-11,14-15H,12-13H2,1-2H3,(H,22,25)/t14-,15-/m1/s1. The summed E-state index contributed by atoms with van der Waals surface area (Å²) in [7, 11) is 0. The molecule has 0 saturated carbocycles. The van der Waals surface area contributed by atoms with Crippen LogP contribution in [0.3, 0.4) is 0 Å². The third-order valence-electron chi connectivity index (χ3n) is 4.22. The van der Waals surface area contributed by atoms with Gasteiger partial charge in [-0.2, -0.15) is 0 Å². The van der Waals surface area contributed by atoms with Crippen LogP contribution in [0, 0.1) is 0 Å². The number of aromatic nitrogens is 1. The first-order chi connectivity index (χ1) is 13.5. The summed E-state index contributed by atoms with van der Waals surface area (Å²) in [4.78, 5) is 28.5. The van der Waals surface area contributed by atoms with E-state index in [-0.39, 0.29) is 17.6 Å². The number of oxazole rings is 1. The van der Waals surface area contributed by atoms with Crippen LogP contribution in [0.1, 0.15) is 25.3 Å². The molecule has 0 radical (unpaired) electrons. The highest BCUT2D eigenvalue weighted by atomic mass is 32.2. The topological polar surface area (TPSA) is 81.4 Å². The fourth-order valence-corrected chi connectivity index (χ4v) is 3.24. The molecule has 6 nitrogen and oxygen atoms in total. The van der Waals surface area contributed by atoms with Crippen LogP contribution in [-0.2, 0) is 14.3 Å². The lowest BCUT2D eigenvalue weighted by atomic mass is 10.0. The summed E-state index contributed by atoms with van der Waals surface area (Å²) < 4.78 is 10.7. The average Bonchev–Trinajstić information content (AvgIpc) is 3.14. The Morgan fingerprint density at radius 3 is 2.57 bits per heavy atom. The van der Waals surface area contributed by atoms with E-state index < -0.39 is 12.1 Å². The number of para-hydroxylation sites is 2. The van der Waals surface area contributed by atoms with E-state index in [1.165, 1.54) is 0 Å². The molecule has 7 heteroatoms. The highest BCUT2D eigenvalue weighted by Gasteiger charge is 2.19. The second-order valence-electron chi connectivity index (χ2n) is 6.43. The van der Waals surface area contributed by atoms with Gasteiger partial charge in [-0.3, -0.25) is 9.59 Å². The molecule has 0 aliphatic rings. The number of nitrogens with zero attached hydrogens (tertiary/aromatic N) is 1. The van der Waals surface area contributed by atoms with Crippen molar-refractivity contribution < 1.29 is 18.7 Å². The SMILES string of the molecule is C[C@H](CNC(=O)[C@@H](C)OC(=O)CSc1nc2ccccc2o1)c1ccccc1. The first kappa shape index (κ1) is 19.9. The van der Waals surface area contributed by atoms with Gasteiger partial charge in [0, 0.05) is 6.54 Å². The molecule has 0 unspecified atom stereocenters. The van der Waals surface area contributed by atoms with Gasteiger partial charge in [0.2, 0.25) is 0 Å². The van der Waals surface area contributed by atoms with Crippen molar-refractivity contribution in [3.63, 3.8) is 0 Å². The second kappa shape index (κ2) is 9.41. The van der Waals surface area contributed by atoms with E-state index in [4.69, 9.17) is 9.15 Å². The zero-order chi connectivity index (χ0) is 19.9. The van der Waals surface area contributed by atoms with Crippen LogP contribution in [0.2, 0.25) is 0 Å². The van der Waals surface area contributed by atoms with Crippen LogP contribution in [-0.4, -0.2) is 35.3 Å². The Balaban J connectivity index is 1.42. The quantitative estimate of drug-likeness (QED) is 0.459. The number of hydrogen-bond donors (Lipinski definition) is 1. The molecule has 146 valence electrons. The Morgan fingerprint density at radius 2 is 1.82 bits per heavy atom. The summed E-state index contributed by atoms with van der Waals surface area (Å²) in [6.07, 6.45) is -0.861. The van der Waals surface area contributed by atoms with Gasteiger partial charge in [0.05, 0.1) is 0 Å². The number of amides is 1. The monoisotopic (exact) mass is 398 g/mol. The second-order valence-corrected chi connectivity index (χ2v) is 7.35. The molecule has 2 aromatic carbocycles. The minimum Gasteiger partial charge on any atom is -0.452 e. The lowest BCUT2D eigenvalue weighted by Crippen LogP contribution is -2.37. The van der Waals surface area contributed by atoms with Crippen molar-refractivity contribution in [3.05, 3.63) is 60.2 Å². The van der Waals surface area contributed by atoms with Gasteiger partial charge < -0.3 is 14.5 Å². The summed E-state index contributed by atoms with van der Waals surface area (Å²) in [5.74, 6) is -0.623. The first-order valence-corrected chi connectivity index (χ1v) is 10.0. The summed E-state index contributed by atoms with van der Waals surface area (Å²) >= 11 is 1.14. The molecular weight excluding hydrogens is 376 g/mol. The number of carbonyl (C=O) groups is 2. The van der Waals surface area contributed by atoms with Crippen molar-refractivity contribution in [2.24, 2.45) is 0 Å². The number of ether oxygens (including phenoxy) is 1. The van der Waals surface area contributed by atoms with Gasteiger partial charge in [0.1, 0.15) is 11.3 Å². The Hall–Kier alpha value is -2.80. The predicted octanol–water partition coefficient (Wildman–Crippen LogP) is 3.77. The van der Waals surface area contributed by atoms with Crippen molar-refractivity contribution in [1.82, 2.24) is 10.3 Å². The fraction of sp³-hybridized carbons (Fsp3) is 0.286. The number of esters is 1. The van der Waals surface area contributed by atoms with Crippen LogP contribution in [0.15, 0.2) is 64.2 Å². The normalized spacial score (nSPS) is 13.1. The fourth-order valence-electron chi connectivity index (χ4n) is 2.62. The number of rotatable bonds is 8. The Labute approximate surface area is 167 Å². The summed E-state index contributed by atoms with van der Waals surface area (Å²) in [6, 6.07) is 17.3. The van der Waals surface area contributed by atoms with Crippen molar-refractivity contribution in [2.75, 3.05) is 12.3 Å². The molecule has 28 heavy (non-hydrogen) atoms. The molecule has 3 aromatic rings. The number of hydrogen-bond acceptors (Lipinski definition) is 6. The maximum atomic E-state index is 12.2. The van der Waals surface area contributed by atoms with Crippen molar-refractivity contribution in [3.8, 4) is 0 Å². The predicted molar refractivity (Wildman–Crippen MR) is 108 cm³/mol. The van der Waals surface area contributed by atoms with Crippen molar-refractivity contribution in [1.29, 1.82) is 0 Å². The third-order valence-corrected chi connectivity index (χ3v) is 5.02. The highest BCUT2D eigenvalue weighted by Crippen LogP contribution is 2.23. The Bertz CT molecular complexity index is 909. The number of carbonyl (C=O) groups excluding carboxylic acids is 2. The van der Waals surface area contributed by atoms with E-state index in [0.717, 1.165) is 22.8 Å². The maximum Gasteiger partial charge on any atom is 0.317 e. The molecule has 0 aliphatic heterocycles. The van der Waals surface area contributed by atoms with Gasteiger partial charge >= 0.3 is 5.97 Å². The van der Waals surface area contributed by atoms with Crippen LogP contribution >= 0.6 is 11.8 Å². The lowest BCUT2D eigenvalue weighted by Gasteiger charge is -2.16. The molecule has 0 spiro atoms. The zero-order valence-electron chi connectivity index (χ0n) is 15.8. The number of benzene rings is 2. The van der Waals surface area contributed by atoms with Gasteiger partial charge in [-0.1, -0.05) is 61.2 Å². The first-order valence-electron chi connectivity index (χ1n) is 9.03. The van der Waals surface area contributed by atoms with Crippen LogP contribution in [0.25, 0.3) is 11.1 Å². The van der Waals surface area contributed by atoms with Crippen LogP contribution < -0.4 is 5.32 Å². The molecule has 1 N–H and O–H groups in total. The van der Waals surface area contributed by atoms with Gasteiger partial charge in [0.15, 0.2) is 11.7 Å². The average molecular weight is 398 g/mol. The molecule has 2 atom stereocenters. The van der Waals surface area contributed by atoms with E-state index >= 15 is 0 Å². The van der Waals surface area contributed by atoms with E-state index in [1.807, 2.05) is 61.5 Å². The van der Waals surface area contributed by atoms with Crippen molar-refractivity contribution in [2.45, 2.75) is 31.1 Å². The lowest BCUT2D eigenvalue weighted by molar-refractivity contribution is -0.152. The van der Waals surface area contributed by atoms with Gasteiger partial charge in [0.25, 0.3) is 11.1 Å². The minimum atomic E-state index is -0.861. The van der Waals surface area contributed by atoms with E-state index in [9.17, 15) is 9.59 Å². The molecule has 1 aromatic heterocycles. The maximum absolute atomic E-state index is 12.2. The molecule has 0 fully saturated rings. The van der Waals surface area contributed by atoms with Gasteiger partial charge in [-0.05, 0) is 30.5 Å². The molecule has 0 bridgehead atoms. The summed E-state index contributed by atoms with van der Waals surface area (Å²) in [5, 5.41) is 3.22. The summed E-state index contributed by atoms with van der Waals surface area (Å²) in [5.41, 5.74) is 2.54. The Kier molecular flexibility index (Phi) is 6.71. The number of thioether (sulfide) groups is 1. The minimum absolute atomic E-state index is 0.0187. The van der Waals surface area contributed by atoms with Gasteiger partial charge in [-0.15, -0.1) is 0 Å². The number of fused-ring (bicyclic) bond motifs is 1. The Morgan fingerprint density at radius 1 is 1.11 bits per heavy atom. The summed E-state index contributed by atoms with van der Waals surface area (Å²) in [6.45, 7) is 4.07. The van der Waals surface area contributed by atoms with Crippen LogP contribution in [0.5, 0.6) is 0 Å². The third kappa shape index (κ3) is 5.36. The molecule has 1 heterocycles. The molecule has 0 saturated heterocycles. The molecule has 1 amide bonds. The molecule has 0 aliphatic carbocycles. The van der Waals surface area contributed by atoms with Crippen LogP contribution in [0.4, 0.5) is 0 Å². The highest BCUT2D eigenvalue weighted by molar-refractivity contribution is 7.99. The van der Waals surface area contributed by atoms with E-state index in [2.05, 4.69) is 10.3 Å². The molecule has 3 rings (SSSR count). The zero-order valence-corrected chi connectivity index (χ0v) is 16.6.